The van der Waals surface area contributed by atoms with E-state index in [1.807, 2.05) is 31.2 Å². The summed E-state index contributed by atoms with van der Waals surface area (Å²) in [6, 6.07) is 7.43. The molecule has 102 valence electrons. The van der Waals surface area contributed by atoms with Crippen LogP contribution in [-0.2, 0) is 13.7 Å². The first-order valence-electron chi connectivity index (χ1n) is 6.08. The number of aromatic nitrogens is 2. The first kappa shape index (κ1) is 13.9. The van der Waals surface area contributed by atoms with E-state index in [4.69, 9.17) is 16.3 Å². The second-order valence-corrected chi connectivity index (χ2v) is 4.84. The number of aliphatic hydroxyl groups is 1. The summed E-state index contributed by atoms with van der Waals surface area (Å²) >= 11 is 6.15. The highest BCUT2D eigenvalue weighted by Gasteiger charge is 2.13. The molecule has 0 saturated heterocycles. The summed E-state index contributed by atoms with van der Waals surface area (Å²) in [6.45, 7) is 3.94. The molecule has 19 heavy (non-hydrogen) atoms. The number of halogens is 1. The lowest BCUT2D eigenvalue weighted by molar-refractivity contribution is 0.190. The monoisotopic (exact) mass is 280 g/mol. The van der Waals surface area contributed by atoms with E-state index in [1.165, 1.54) is 0 Å². The predicted molar refractivity (Wildman–Crippen MR) is 74.4 cm³/mol. The molecular weight excluding hydrogens is 264 g/mol. The summed E-state index contributed by atoms with van der Waals surface area (Å²) in [5.74, 6) is 0.664. The van der Waals surface area contributed by atoms with Gasteiger partial charge in [-0.1, -0.05) is 29.8 Å². The van der Waals surface area contributed by atoms with Gasteiger partial charge in [-0.2, -0.15) is 5.10 Å². The standard InChI is InChI=1S/C14H17ClN2O2/c1-9-12(14(15)17(3)16-9)8-19-13-7-5-4-6-11(13)10(2)18/h4-7,10,18H,8H2,1-3H3. The van der Waals surface area contributed by atoms with Crippen molar-refractivity contribution in [3.63, 3.8) is 0 Å². The predicted octanol–water partition coefficient (Wildman–Crippen LogP) is 3.01. The van der Waals surface area contributed by atoms with Crippen LogP contribution in [0.3, 0.4) is 0 Å². The lowest BCUT2D eigenvalue weighted by Gasteiger charge is -2.13. The van der Waals surface area contributed by atoms with Crippen LogP contribution < -0.4 is 4.74 Å². The fourth-order valence-electron chi connectivity index (χ4n) is 1.94. The van der Waals surface area contributed by atoms with Crippen molar-refractivity contribution < 1.29 is 9.84 Å². The third-order valence-electron chi connectivity index (χ3n) is 3.01. The van der Waals surface area contributed by atoms with E-state index in [9.17, 15) is 5.11 Å². The average Bonchev–Trinajstić information content (AvgIpc) is 2.61. The van der Waals surface area contributed by atoms with Gasteiger partial charge in [0, 0.05) is 18.2 Å². The molecule has 1 heterocycles. The molecule has 0 bridgehead atoms. The Kier molecular flexibility index (Phi) is 4.12. The number of hydrogen-bond donors (Lipinski definition) is 1. The van der Waals surface area contributed by atoms with Gasteiger partial charge in [0.25, 0.3) is 0 Å². The van der Waals surface area contributed by atoms with Crippen molar-refractivity contribution in [3.8, 4) is 5.75 Å². The second-order valence-electron chi connectivity index (χ2n) is 4.48. The molecule has 0 spiro atoms. The Labute approximate surface area is 117 Å². The minimum Gasteiger partial charge on any atom is -0.488 e. The molecule has 0 fully saturated rings. The van der Waals surface area contributed by atoms with Crippen molar-refractivity contribution in [2.24, 2.45) is 7.05 Å². The highest BCUT2D eigenvalue weighted by atomic mass is 35.5. The topological polar surface area (TPSA) is 47.3 Å². The van der Waals surface area contributed by atoms with Crippen LogP contribution in [0.4, 0.5) is 0 Å². The van der Waals surface area contributed by atoms with Gasteiger partial charge in [0.15, 0.2) is 0 Å². The van der Waals surface area contributed by atoms with Gasteiger partial charge in [-0.05, 0) is 19.9 Å². The Hall–Kier alpha value is -1.52. The van der Waals surface area contributed by atoms with E-state index in [2.05, 4.69) is 5.10 Å². The maximum absolute atomic E-state index is 9.69. The van der Waals surface area contributed by atoms with Crippen molar-refractivity contribution in [2.75, 3.05) is 0 Å². The van der Waals surface area contributed by atoms with E-state index in [1.54, 1.807) is 18.7 Å². The molecule has 0 aliphatic carbocycles. The van der Waals surface area contributed by atoms with Crippen LogP contribution in [-0.4, -0.2) is 14.9 Å². The van der Waals surface area contributed by atoms with Gasteiger partial charge in [0.2, 0.25) is 0 Å². The third-order valence-corrected chi connectivity index (χ3v) is 3.48. The molecule has 1 aromatic heterocycles. The number of rotatable bonds is 4. The first-order valence-corrected chi connectivity index (χ1v) is 6.46. The number of aryl methyl sites for hydroxylation is 2. The maximum atomic E-state index is 9.69. The largest absolute Gasteiger partial charge is 0.488 e. The van der Waals surface area contributed by atoms with Gasteiger partial charge < -0.3 is 9.84 Å². The van der Waals surface area contributed by atoms with Crippen LogP contribution in [0.15, 0.2) is 24.3 Å². The molecule has 0 radical (unpaired) electrons. The molecule has 2 rings (SSSR count). The molecule has 0 aliphatic heterocycles. The van der Waals surface area contributed by atoms with E-state index in [-0.39, 0.29) is 0 Å². The van der Waals surface area contributed by atoms with E-state index in [0.29, 0.717) is 17.5 Å². The van der Waals surface area contributed by atoms with E-state index >= 15 is 0 Å². The molecule has 2 aromatic rings. The van der Waals surface area contributed by atoms with Crippen molar-refractivity contribution in [2.45, 2.75) is 26.6 Å². The van der Waals surface area contributed by atoms with Gasteiger partial charge >= 0.3 is 0 Å². The van der Waals surface area contributed by atoms with Crippen LogP contribution >= 0.6 is 11.6 Å². The average molecular weight is 281 g/mol. The summed E-state index contributed by atoms with van der Waals surface area (Å²) in [5, 5.41) is 14.5. The fraction of sp³-hybridized carbons (Fsp3) is 0.357. The van der Waals surface area contributed by atoms with Crippen molar-refractivity contribution in [1.29, 1.82) is 0 Å². The molecule has 1 aromatic carbocycles. The summed E-state index contributed by atoms with van der Waals surface area (Å²) in [4.78, 5) is 0. The Balaban J connectivity index is 2.19. The molecule has 1 N–H and O–H groups in total. The zero-order valence-corrected chi connectivity index (χ0v) is 12.0. The quantitative estimate of drug-likeness (QED) is 0.936. The fourth-order valence-corrected chi connectivity index (χ4v) is 2.17. The minimum absolute atomic E-state index is 0.336. The number of benzene rings is 1. The van der Waals surface area contributed by atoms with Crippen LogP contribution in [0.5, 0.6) is 5.75 Å². The smallest absolute Gasteiger partial charge is 0.133 e. The lowest BCUT2D eigenvalue weighted by Crippen LogP contribution is -2.01. The van der Waals surface area contributed by atoms with Crippen LogP contribution in [0, 0.1) is 6.92 Å². The maximum Gasteiger partial charge on any atom is 0.133 e. The summed E-state index contributed by atoms with van der Waals surface area (Å²) in [5.41, 5.74) is 2.48. The molecular formula is C14H17ClN2O2. The summed E-state index contributed by atoms with van der Waals surface area (Å²) in [6.07, 6.45) is -0.568. The Morgan fingerprint density at radius 2 is 2.11 bits per heavy atom. The molecule has 0 aliphatic rings. The minimum atomic E-state index is -0.568. The zero-order valence-electron chi connectivity index (χ0n) is 11.2. The van der Waals surface area contributed by atoms with Crippen LogP contribution in [0.1, 0.15) is 29.8 Å². The van der Waals surface area contributed by atoms with E-state index in [0.717, 1.165) is 16.8 Å². The number of ether oxygens (including phenoxy) is 1. The molecule has 4 nitrogen and oxygen atoms in total. The van der Waals surface area contributed by atoms with Gasteiger partial charge in [-0.15, -0.1) is 0 Å². The van der Waals surface area contributed by atoms with Crippen molar-refractivity contribution in [3.05, 3.63) is 46.2 Å². The Morgan fingerprint density at radius 3 is 2.68 bits per heavy atom. The van der Waals surface area contributed by atoms with Gasteiger partial charge in [0.1, 0.15) is 17.5 Å². The highest BCUT2D eigenvalue weighted by Crippen LogP contribution is 2.27. The van der Waals surface area contributed by atoms with Crippen molar-refractivity contribution in [1.82, 2.24) is 9.78 Å². The number of hydrogen-bond acceptors (Lipinski definition) is 3. The summed E-state index contributed by atoms with van der Waals surface area (Å²) < 4.78 is 7.38. The number of aliphatic hydroxyl groups excluding tert-OH is 1. The highest BCUT2D eigenvalue weighted by molar-refractivity contribution is 6.30. The van der Waals surface area contributed by atoms with Crippen LogP contribution in [0.2, 0.25) is 5.15 Å². The summed E-state index contributed by atoms with van der Waals surface area (Å²) in [7, 11) is 1.79. The molecule has 0 amide bonds. The third kappa shape index (κ3) is 2.91. The normalized spacial score (nSPS) is 12.5. The molecule has 1 unspecified atom stereocenters. The van der Waals surface area contributed by atoms with Crippen molar-refractivity contribution >= 4 is 11.6 Å². The molecule has 1 atom stereocenters. The second kappa shape index (κ2) is 5.63. The van der Waals surface area contributed by atoms with E-state index < -0.39 is 6.10 Å². The molecule has 0 saturated carbocycles. The van der Waals surface area contributed by atoms with Crippen LogP contribution in [0.25, 0.3) is 0 Å². The van der Waals surface area contributed by atoms with Gasteiger partial charge in [-0.3, -0.25) is 4.68 Å². The Morgan fingerprint density at radius 1 is 1.42 bits per heavy atom. The van der Waals surface area contributed by atoms with Gasteiger partial charge in [0.05, 0.1) is 11.8 Å². The lowest BCUT2D eigenvalue weighted by atomic mass is 10.1. The first-order chi connectivity index (χ1) is 9.00. The number of nitrogens with zero attached hydrogens (tertiary/aromatic N) is 2. The number of para-hydroxylation sites is 1. The van der Waals surface area contributed by atoms with Gasteiger partial charge in [-0.25, -0.2) is 0 Å². The Bertz CT molecular complexity index is 579. The zero-order chi connectivity index (χ0) is 14.0. The molecule has 5 heteroatoms. The SMILES string of the molecule is Cc1nn(C)c(Cl)c1COc1ccccc1C(C)O.